The summed E-state index contributed by atoms with van der Waals surface area (Å²) >= 11 is 0. The Hall–Kier alpha value is -3.93. The lowest BCUT2D eigenvalue weighted by molar-refractivity contribution is -0.166. The third-order valence-electron chi connectivity index (χ3n) is 11.3. The lowest BCUT2D eigenvalue weighted by Crippen LogP contribution is -2.30. The lowest BCUT2D eigenvalue weighted by atomic mass is 10.0. The number of carbonyl (C=O) groups is 3. The minimum absolute atomic E-state index is 0.110. The highest BCUT2D eigenvalue weighted by molar-refractivity contribution is 5.71. The molecule has 0 saturated heterocycles. The smallest absolute Gasteiger partial charge is 0.306 e. The molecule has 380 valence electrons. The van der Waals surface area contributed by atoms with E-state index in [0.29, 0.717) is 19.3 Å². The van der Waals surface area contributed by atoms with Gasteiger partial charge in [-0.2, -0.15) is 0 Å². The number of hydrogen-bond donors (Lipinski definition) is 0. The SMILES string of the molecule is CC/C=C\C/C=C\C/C=C\C/C=C\C/C=C\CCCCCCCCCC(=O)OCC(COC(=O)CCCCCCCCCCCCCCC)OC(=O)CC/C=C\C/C=C\C/C=C\C/C=C\CC. The van der Waals surface area contributed by atoms with Crippen LogP contribution in [-0.4, -0.2) is 37.2 Å². The van der Waals surface area contributed by atoms with Crippen LogP contribution in [0, 0.1) is 0 Å². The van der Waals surface area contributed by atoms with E-state index < -0.39 is 12.1 Å². The number of rotatable bonds is 48. The molecule has 0 aromatic rings. The van der Waals surface area contributed by atoms with Crippen LogP contribution in [-0.2, 0) is 28.6 Å². The van der Waals surface area contributed by atoms with Gasteiger partial charge in [0.2, 0.25) is 0 Å². The highest BCUT2D eigenvalue weighted by atomic mass is 16.6. The van der Waals surface area contributed by atoms with Gasteiger partial charge in [-0.05, 0) is 89.9 Å². The largest absolute Gasteiger partial charge is 0.462 e. The number of hydrogen-bond acceptors (Lipinski definition) is 6. The fourth-order valence-corrected chi connectivity index (χ4v) is 7.25. The molecule has 67 heavy (non-hydrogen) atoms. The Morgan fingerprint density at radius 1 is 0.313 bits per heavy atom. The van der Waals surface area contributed by atoms with Crippen LogP contribution in [0.15, 0.2) is 109 Å². The first-order chi connectivity index (χ1) is 33.0. The van der Waals surface area contributed by atoms with Gasteiger partial charge in [0.1, 0.15) is 13.2 Å². The monoisotopic (exact) mass is 929 g/mol. The molecule has 1 unspecified atom stereocenters. The first-order valence-electron chi connectivity index (χ1n) is 27.4. The summed E-state index contributed by atoms with van der Waals surface area (Å²) in [7, 11) is 0. The van der Waals surface area contributed by atoms with Crippen LogP contribution < -0.4 is 0 Å². The van der Waals surface area contributed by atoms with Crippen molar-refractivity contribution in [3.8, 4) is 0 Å². The second-order valence-corrected chi connectivity index (χ2v) is 17.7. The molecule has 0 aliphatic heterocycles. The molecular formula is C61H100O6. The van der Waals surface area contributed by atoms with Crippen LogP contribution in [0.25, 0.3) is 0 Å². The fourth-order valence-electron chi connectivity index (χ4n) is 7.25. The van der Waals surface area contributed by atoms with Crippen LogP contribution in [0.1, 0.15) is 239 Å². The number of unbranched alkanes of at least 4 members (excludes halogenated alkanes) is 19. The Labute approximate surface area is 412 Å². The molecule has 0 aromatic carbocycles. The van der Waals surface area contributed by atoms with Gasteiger partial charge in [0, 0.05) is 19.3 Å². The first kappa shape index (κ1) is 63.1. The van der Waals surface area contributed by atoms with Gasteiger partial charge < -0.3 is 14.2 Å². The normalized spacial score (nSPS) is 12.9. The van der Waals surface area contributed by atoms with Gasteiger partial charge >= 0.3 is 17.9 Å². The molecule has 0 aromatic heterocycles. The van der Waals surface area contributed by atoms with E-state index in [1.807, 2.05) is 12.2 Å². The Kier molecular flexibility index (Phi) is 51.5. The molecule has 0 rings (SSSR count). The Bertz CT molecular complexity index is 1390. The summed E-state index contributed by atoms with van der Waals surface area (Å²) in [6.07, 6.45) is 73.8. The molecule has 0 amide bonds. The molecule has 0 N–H and O–H groups in total. The molecule has 0 heterocycles. The van der Waals surface area contributed by atoms with Crippen molar-refractivity contribution < 1.29 is 28.6 Å². The van der Waals surface area contributed by atoms with E-state index >= 15 is 0 Å². The molecule has 0 aliphatic rings. The maximum absolute atomic E-state index is 12.8. The summed E-state index contributed by atoms with van der Waals surface area (Å²) in [6, 6.07) is 0. The van der Waals surface area contributed by atoms with E-state index in [4.69, 9.17) is 14.2 Å². The van der Waals surface area contributed by atoms with Gasteiger partial charge in [-0.3, -0.25) is 14.4 Å². The molecule has 6 heteroatoms. The van der Waals surface area contributed by atoms with E-state index in [1.54, 1.807) is 0 Å². The average molecular weight is 929 g/mol. The molecule has 1 atom stereocenters. The summed E-state index contributed by atoms with van der Waals surface area (Å²) in [5.41, 5.74) is 0. The van der Waals surface area contributed by atoms with Crippen LogP contribution in [0.3, 0.4) is 0 Å². The van der Waals surface area contributed by atoms with Gasteiger partial charge in [-0.15, -0.1) is 0 Å². The van der Waals surface area contributed by atoms with E-state index in [-0.39, 0.29) is 31.6 Å². The van der Waals surface area contributed by atoms with Gasteiger partial charge in [0.15, 0.2) is 6.10 Å². The third kappa shape index (κ3) is 52.9. The third-order valence-corrected chi connectivity index (χ3v) is 11.3. The van der Waals surface area contributed by atoms with Crippen molar-refractivity contribution in [1.29, 1.82) is 0 Å². The molecule has 6 nitrogen and oxygen atoms in total. The minimum Gasteiger partial charge on any atom is -0.462 e. The van der Waals surface area contributed by atoms with E-state index in [1.165, 1.54) is 89.9 Å². The van der Waals surface area contributed by atoms with Crippen molar-refractivity contribution >= 4 is 17.9 Å². The first-order valence-corrected chi connectivity index (χ1v) is 27.4. The molecule has 0 aliphatic carbocycles. The van der Waals surface area contributed by atoms with E-state index in [2.05, 4.69) is 118 Å². The molecule has 0 saturated carbocycles. The van der Waals surface area contributed by atoms with Crippen LogP contribution in [0.2, 0.25) is 0 Å². The van der Waals surface area contributed by atoms with Crippen LogP contribution >= 0.6 is 0 Å². The highest BCUT2D eigenvalue weighted by Gasteiger charge is 2.19. The lowest BCUT2D eigenvalue weighted by Gasteiger charge is -2.18. The zero-order valence-corrected chi connectivity index (χ0v) is 43.4. The molecule has 0 bridgehead atoms. The molecule has 0 radical (unpaired) electrons. The zero-order chi connectivity index (χ0) is 48.6. The van der Waals surface area contributed by atoms with Crippen molar-refractivity contribution in [2.24, 2.45) is 0 Å². The van der Waals surface area contributed by atoms with Gasteiger partial charge in [-0.25, -0.2) is 0 Å². The molecule has 0 spiro atoms. The Balaban J connectivity index is 4.41. The predicted octanol–water partition coefficient (Wildman–Crippen LogP) is 18.3. The quantitative estimate of drug-likeness (QED) is 0.0262. The second-order valence-electron chi connectivity index (χ2n) is 17.7. The number of ether oxygens (including phenoxy) is 3. The Morgan fingerprint density at radius 3 is 0.970 bits per heavy atom. The van der Waals surface area contributed by atoms with E-state index in [0.717, 1.165) is 103 Å². The van der Waals surface area contributed by atoms with Crippen molar-refractivity contribution in [2.75, 3.05) is 13.2 Å². The number of allylic oxidation sites excluding steroid dienone is 18. The van der Waals surface area contributed by atoms with Gasteiger partial charge in [0.05, 0.1) is 0 Å². The van der Waals surface area contributed by atoms with Gasteiger partial charge in [0.25, 0.3) is 0 Å². The standard InChI is InChI=1S/C61H100O6/c1-4-7-10-13-16-19-22-25-26-27-28-29-30-31-32-33-34-37-39-42-45-48-51-54-60(63)66-57-58(67-61(64)55-52-49-46-43-40-36-24-21-18-15-12-9-6-3)56-65-59(62)53-50-47-44-41-38-35-23-20-17-14-11-8-5-2/h7,9-10,12,16,18-19,21,25-26,28-29,31-32,36,40,46,49,58H,4-6,8,11,13-15,17,20,22-24,27,30,33-35,37-39,41-45,47-48,50-57H2,1-3H3/b10-7-,12-9-,19-16-,21-18-,26-25-,29-28-,32-31-,40-36-,49-46-. The summed E-state index contributed by atoms with van der Waals surface area (Å²) < 4.78 is 16.7. The number of esters is 3. The molecule has 0 fully saturated rings. The minimum atomic E-state index is -0.820. The highest BCUT2D eigenvalue weighted by Crippen LogP contribution is 2.14. The second kappa shape index (κ2) is 54.7. The maximum atomic E-state index is 12.8. The van der Waals surface area contributed by atoms with Crippen LogP contribution in [0.5, 0.6) is 0 Å². The van der Waals surface area contributed by atoms with Crippen molar-refractivity contribution in [2.45, 2.75) is 245 Å². The maximum Gasteiger partial charge on any atom is 0.306 e. The average Bonchev–Trinajstić information content (AvgIpc) is 3.33. The summed E-state index contributed by atoms with van der Waals surface area (Å²) in [6.45, 7) is 6.33. The van der Waals surface area contributed by atoms with Crippen LogP contribution in [0.4, 0.5) is 0 Å². The number of carbonyl (C=O) groups excluding carboxylic acids is 3. The fraction of sp³-hybridized carbons (Fsp3) is 0.656. The molecular weight excluding hydrogens is 829 g/mol. The van der Waals surface area contributed by atoms with E-state index in [9.17, 15) is 14.4 Å². The Morgan fingerprint density at radius 2 is 0.612 bits per heavy atom. The topological polar surface area (TPSA) is 78.9 Å². The van der Waals surface area contributed by atoms with Crippen molar-refractivity contribution in [3.63, 3.8) is 0 Å². The predicted molar refractivity (Wildman–Crippen MR) is 288 cm³/mol. The zero-order valence-electron chi connectivity index (χ0n) is 43.4. The summed E-state index contributed by atoms with van der Waals surface area (Å²) in [5, 5.41) is 0. The van der Waals surface area contributed by atoms with Gasteiger partial charge in [-0.1, -0.05) is 239 Å². The summed E-state index contributed by atoms with van der Waals surface area (Å²) in [4.78, 5) is 38.0. The van der Waals surface area contributed by atoms with Crippen molar-refractivity contribution in [1.82, 2.24) is 0 Å². The van der Waals surface area contributed by atoms with Crippen molar-refractivity contribution in [3.05, 3.63) is 109 Å². The summed E-state index contributed by atoms with van der Waals surface area (Å²) in [5.74, 6) is -1.01.